The molecule has 33 heavy (non-hydrogen) atoms. The number of nitrogens with zero attached hydrogens (tertiary/aromatic N) is 2. The number of hydrogen-bond donors (Lipinski definition) is 1. The maximum Gasteiger partial charge on any atom is 0.244 e. The molecule has 0 saturated heterocycles. The van der Waals surface area contributed by atoms with E-state index in [1.54, 1.807) is 6.92 Å². The molecule has 0 spiro atoms. The van der Waals surface area contributed by atoms with Crippen LogP contribution in [0, 0.1) is 5.82 Å². The van der Waals surface area contributed by atoms with Gasteiger partial charge in [-0.15, -0.1) is 0 Å². The first-order valence-electron chi connectivity index (χ1n) is 10.9. The van der Waals surface area contributed by atoms with Crippen LogP contribution in [0.2, 0.25) is 0 Å². The second kappa shape index (κ2) is 11.8. The van der Waals surface area contributed by atoms with Crippen molar-refractivity contribution in [1.82, 2.24) is 10.2 Å². The molecule has 9 heteroatoms. The van der Waals surface area contributed by atoms with E-state index in [0.29, 0.717) is 12.8 Å². The Bertz CT molecular complexity index is 1040. The van der Waals surface area contributed by atoms with Crippen molar-refractivity contribution in [2.24, 2.45) is 0 Å². The normalized spacial score (nSPS) is 12.3. The van der Waals surface area contributed by atoms with Crippen LogP contribution >= 0.6 is 0 Å². The van der Waals surface area contributed by atoms with E-state index in [4.69, 9.17) is 0 Å². The predicted molar refractivity (Wildman–Crippen MR) is 128 cm³/mol. The summed E-state index contributed by atoms with van der Waals surface area (Å²) in [5.41, 5.74) is 1.04. The van der Waals surface area contributed by atoms with Crippen molar-refractivity contribution in [3.05, 3.63) is 66.0 Å². The van der Waals surface area contributed by atoms with Crippen LogP contribution in [0.3, 0.4) is 0 Å². The van der Waals surface area contributed by atoms with Crippen LogP contribution in [-0.4, -0.2) is 56.6 Å². The molecule has 1 N–H and O–H groups in total. The van der Waals surface area contributed by atoms with Gasteiger partial charge in [0.2, 0.25) is 21.8 Å². The van der Waals surface area contributed by atoms with Gasteiger partial charge in [-0.05, 0) is 50.5 Å². The molecular formula is C24H32FN3O4S. The molecule has 2 amide bonds. The highest BCUT2D eigenvalue weighted by Gasteiger charge is 2.31. The lowest BCUT2D eigenvalue weighted by molar-refractivity contribution is -0.139. The maximum absolute atomic E-state index is 13.8. The van der Waals surface area contributed by atoms with Gasteiger partial charge in [-0.3, -0.25) is 13.9 Å². The Morgan fingerprint density at radius 1 is 1.06 bits per heavy atom. The molecule has 0 aliphatic rings. The zero-order chi connectivity index (χ0) is 24.6. The largest absolute Gasteiger partial charge is 0.352 e. The summed E-state index contributed by atoms with van der Waals surface area (Å²) < 4.78 is 39.5. The number of carbonyl (C=O) groups excluding carboxylic acids is 2. The summed E-state index contributed by atoms with van der Waals surface area (Å²) in [6.45, 7) is 5.15. The van der Waals surface area contributed by atoms with E-state index < -0.39 is 34.3 Å². The third-order valence-corrected chi connectivity index (χ3v) is 6.22. The third-order valence-electron chi connectivity index (χ3n) is 5.08. The van der Waals surface area contributed by atoms with Crippen molar-refractivity contribution in [3.63, 3.8) is 0 Å². The molecular weight excluding hydrogens is 445 g/mol. The first-order valence-corrected chi connectivity index (χ1v) is 12.7. The number of anilines is 1. The molecule has 180 valence electrons. The van der Waals surface area contributed by atoms with Gasteiger partial charge in [-0.1, -0.05) is 43.3 Å². The summed E-state index contributed by atoms with van der Waals surface area (Å²) >= 11 is 0. The van der Waals surface area contributed by atoms with Crippen molar-refractivity contribution in [2.45, 2.75) is 45.7 Å². The molecule has 0 saturated carbocycles. The number of benzene rings is 2. The fraction of sp³-hybridized carbons (Fsp3) is 0.417. The lowest BCUT2D eigenvalue weighted by Crippen LogP contribution is -2.54. The number of nitrogens with one attached hydrogen (secondary N) is 1. The van der Waals surface area contributed by atoms with Gasteiger partial charge < -0.3 is 10.2 Å². The molecule has 0 aliphatic heterocycles. The van der Waals surface area contributed by atoms with Gasteiger partial charge in [0.05, 0.1) is 11.9 Å². The summed E-state index contributed by atoms with van der Waals surface area (Å²) in [7, 11) is -3.88. The van der Waals surface area contributed by atoms with Gasteiger partial charge in [0.15, 0.2) is 0 Å². The number of hydrogen-bond acceptors (Lipinski definition) is 4. The lowest BCUT2D eigenvalue weighted by Gasteiger charge is -2.33. The predicted octanol–water partition coefficient (Wildman–Crippen LogP) is 2.97. The standard InChI is InChI=1S/C24H32FN3O4S/c1-5-22(24(30)26-18(2)3)27(15-14-19-10-7-6-8-11-19)23(29)17-28(33(4,31)32)21-13-9-12-20(25)16-21/h6-13,16,18,22H,5,14-15,17H2,1-4H3,(H,26,30)/t22-/m1/s1. The van der Waals surface area contributed by atoms with Gasteiger partial charge in [0, 0.05) is 12.6 Å². The van der Waals surface area contributed by atoms with Gasteiger partial charge in [0.1, 0.15) is 18.4 Å². The first kappa shape index (κ1) is 26.3. The number of rotatable bonds is 11. The van der Waals surface area contributed by atoms with Crippen molar-refractivity contribution in [3.8, 4) is 0 Å². The summed E-state index contributed by atoms with van der Waals surface area (Å²) in [6.07, 6.45) is 1.82. The second-order valence-electron chi connectivity index (χ2n) is 8.16. The topological polar surface area (TPSA) is 86.8 Å². The summed E-state index contributed by atoms with van der Waals surface area (Å²) in [5, 5.41) is 2.84. The Balaban J connectivity index is 2.36. The van der Waals surface area contributed by atoms with Gasteiger partial charge in [-0.2, -0.15) is 0 Å². The second-order valence-corrected chi connectivity index (χ2v) is 10.1. The molecule has 0 bridgehead atoms. The maximum atomic E-state index is 13.8. The van der Waals surface area contributed by atoms with Crippen LogP contribution in [0.5, 0.6) is 0 Å². The van der Waals surface area contributed by atoms with Crippen molar-refractivity contribution in [2.75, 3.05) is 23.7 Å². The van der Waals surface area contributed by atoms with Crippen LogP contribution in [0.4, 0.5) is 10.1 Å². The van der Waals surface area contributed by atoms with Crippen molar-refractivity contribution < 1.29 is 22.4 Å². The number of carbonyl (C=O) groups is 2. The van der Waals surface area contributed by atoms with Crippen LogP contribution in [0.1, 0.15) is 32.8 Å². The highest BCUT2D eigenvalue weighted by molar-refractivity contribution is 7.92. The number of sulfonamides is 1. The Morgan fingerprint density at radius 2 is 1.73 bits per heavy atom. The van der Waals surface area contributed by atoms with E-state index in [2.05, 4.69) is 5.32 Å². The Labute approximate surface area is 195 Å². The molecule has 7 nitrogen and oxygen atoms in total. The summed E-state index contributed by atoms with van der Waals surface area (Å²) in [6, 6.07) is 13.7. The molecule has 0 aromatic heterocycles. The molecule has 2 aromatic carbocycles. The summed E-state index contributed by atoms with van der Waals surface area (Å²) in [5.74, 6) is -1.45. The van der Waals surface area contributed by atoms with E-state index >= 15 is 0 Å². The molecule has 0 radical (unpaired) electrons. The van der Waals surface area contributed by atoms with Crippen LogP contribution in [-0.2, 0) is 26.0 Å². The van der Waals surface area contributed by atoms with Gasteiger partial charge in [-0.25, -0.2) is 12.8 Å². The van der Waals surface area contributed by atoms with Gasteiger partial charge >= 0.3 is 0 Å². The molecule has 2 aromatic rings. The first-order chi connectivity index (χ1) is 15.5. The zero-order valence-corrected chi connectivity index (χ0v) is 20.3. The molecule has 0 heterocycles. The van der Waals surface area contributed by atoms with Crippen LogP contribution in [0.25, 0.3) is 0 Å². The fourth-order valence-corrected chi connectivity index (χ4v) is 4.36. The Hall–Kier alpha value is -2.94. The highest BCUT2D eigenvalue weighted by Crippen LogP contribution is 2.20. The molecule has 0 unspecified atom stereocenters. The van der Waals surface area contributed by atoms with E-state index in [0.717, 1.165) is 22.2 Å². The molecule has 1 atom stereocenters. The van der Waals surface area contributed by atoms with Crippen molar-refractivity contribution in [1.29, 1.82) is 0 Å². The van der Waals surface area contributed by atoms with Gasteiger partial charge in [0.25, 0.3) is 0 Å². The van der Waals surface area contributed by atoms with Crippen LogP contribution < -0.4 is 9.62 Å². The average molecular weight is 478 g/mol. The third kappa shape index (κ3) is 7.85. The quantitative estimate of drug-likeness (QED) is 0.539. The van der Waals surface area contributed by atoms with Crippen LogP contribution in [0.15, 0.2) is 54.6 Å². The molecule has 0 fully saturated rings. The van der Waals surface area contributed by atoms with Crippen molar-refractivity contribution >= 4 is 27.5 Å². The monoisotopic (exact) mass is 477 g/mol. The lowest BCUT2D eigenvalue weighted by atomic mass is 10.1. The minimum Gasteiger partial charge on any atom is -0.352 e. The minimum atomic E-state index is -3.88. The van der Waals surface area contributed by atoms with E-state index in [-0.39, 0.29) is 24.2 Å². The molecule has 2 rings (SSSR count). The average Bonchev–Trinajstić information content (AvgIpc) is 2.74. The zero-order valence-electron chi connectivity index (χ0n) is 19.5. The highest BCUT2D eigenvalue weighted by atomic mass is 32.2. The Kier molecular flexibility index (Phi) is 9.40. The SMILES string of the molecule is CC[C@H](C(=O)NC(C)C)N(CCc1ccccc1)C(=O)CN(c1cccc(F)c1)S(C)(=O)=O. The summed E-state index contributed by atoms with van der Waals surface area (Å²) in [4.78, 5) is 27.7. The fourth-order valence-electron chi connectivity index (χ4n) is 3.52. The minimum absolute atomic E-state index is 0.0496. The Morgan fingerprint density at radius 3 is 2.27 bits per heavy atom. The number of amides is 2. The smallest absolute Gasteiger partial charge is 0.244 e. The molecule has 0 aliphatic carbocycles. The van der Waals surface area contributed by atoms with E-state index in [1.165, 1.54) is 23.1 Å². The van der Waals surface area contributed by atoms with E-state index in [1.807, 2.05) is 44.2 Å². The van der Waals surface area contributed by atoms with E-state index in [9.17, 15) is 22.4 Å². The number of halogens is 1.